The molecule has 1 amide bonds. The molecule has 7 heteroatoms. The maximum atomic E-state index is 11.6. The van der Waals surface area contributed by atoms with E-state index in [0.717, 1.165) is 3.79 Å². The number of ether oxygens (including phenoxy) is 1. The number of rotatable bonds is 4. The molecule has 3 N–H and O–H groups in total. The lowest BCUT2D eigenvalue weighted by Gasteiger charge is -2.06. The molecule has 0 bridgehead atoms. The van der Waals surface area contributed by atoms with Crippen molar-refractivity contribution < 1.29 is 9.53 Å². The fourth-order valence-corrected chi connectivity index (χ4v) is 2.34. The minimum Gasteiger partial charge on any atom is -0.484 e. The zero-order chi connectivity index (χ0) is 13.0. The monoisotopic (exact) mass is 327 g/mol. The fourth-order valence-electron chi connectivity index (χ4n) is 1.22. The summed E-state index contributed by atoms with van der Waals surface area (Å²) in [5, 5.41) is 3.16. The van der Waals surface area contributed by atoms with E-state index in [-0.39, 0.29) is 12.5 Å². The predicted molar refractivity (Wildman–Crippen MR) is 74.8 cm³/mol. The summed E-state index contributed by atoms with van der Waals surface area (Å²) in [7, 11) is 0. The number of anilines is 2. The van der Waals surface area contributed by atoms with Crippen LogP contribution in [0.4, 0.5) is 10.8 Å². The Morgan fingerprint density at radius 1 is 1.56 bits per heavy atom. The van der Waals surface area contributed by atoms with E-state index in [4.69, 9.17) is 10.5 Å². The molecular weight excluding hydrogens is 318 g/mol. The van der Waals surface area contributed by atoms with Gasteiger partial charge in [-0.2, -0.15) is 0 Å². The summed E-state index contributed by atoms with van der Waals surface area (Å²) in [5.41, 5.74) is 6.19. The second-order valence-corrected chi connectivity index (χ2v) is 5.79. The topological polar surface area (TPSA) is 77.2 Å². The lowest BCUT2D eigenvalue weighted by atomic mass is 10.3. The number of nitrogen functional groups attached to an aromatic ring is 1. The average Bonchev–Trinajstić information content (AvgIpc) is 2.72. The summed E-state index contributed by atoms with van der Waals surface area (Å²) in [6, 6.07) is 6.91. The number of nitrogens with zero attached hydrogens (tertiary/aromatic N) is 1. The van der Waals surface area contributed by atoms with Gasteiger partial charge in [-0.25, -0.2) is 4.98 Å². The Morgan fingerprint density at radius 3 is 3.06 bits per heavy atom. The number of benzene rings is 1. The number of amides is 1. The maximum absolute atomic E-state index is 11.6. The van der Waals surface area contributed by atoms with Gasteiger partial charge in [-0.1, -0.05) is 17.4 Å². The standard InChI is InChI=1S/C11H10BrN3O2S/c12-9-5-14-11(18-9)15-10(16)6-17-8-3-1-2-7(13)4-8/h1-5H,6,13H2,(H,14,15,16). The third-order valence-electron chi connectivity index (χ3n) is 1.95. The zero-order valence-corrected chi connectivity index (χ0v) is 11.6. The van der Waals surface area contributed by atoms with Crippen LogP contribution in [0.3, 0.4) is 0 Å². The van der Waals surface area contributed by atoms with Crippen LogP contribution in [0.25, 0.3) is 0 Å². The second kappa shape index (κ2) is 5.83. The first kappa shape index (κ1) is 12.8. The van der Waals surface area contributed by atoms with E-state index in [2.05, 4.69) is 26.2 Å². The highest BCUT2D eigenvalue weighted by Gasteiger charge is 2.06. The van der Waals surface area contributed by atoms with Gasteiger partial charge in [-0.15, -0.1) is 0 Å². The number of halogens is 1. The molecule has 0 unspecified atom stereocenters. The molecule has 0 aliphatic rings. The van der Waals surface area contributed by atoms with Gasteiger partial charge in [-0.05, 0) is 28.1 Å². The summed E-state index contributed by atoms with van der Waals surface area (Å²) in [6.45, 7) is -0.0827. The normalized spacial score (nSPS) is 10.1. The summed E-state index contributed by atoms with van der Waals surface area (Å²) in [6.07, 6.45) is 1.62. The van der Waals surface area contributed by atoms with E-state index in [0.29, 0.717) is 16.6 Å². The lowest BCUT2D eigenvalue weighted by molar-refractivity contribution is -0.118. The molecule has 2 aromatic rings. The van der Waals surface area contributed by atoms with E-state index in [9.17, 15) is 4.79 Å². The van der Waals surface area contributed by atoms with E-state index >= 15 is 0 Å². The van der Waals surface area contributed by atoms with E-state index < -0.39 is 0 Å². The average molecular weight is 328 g/mol. The third kappa shape index (κ3) is 3.71. The van der Waals surface area contributed by atoms with E-state index in [1.807, 2.05) is 0 Å². The first-order valence-electron chi connectivity index (χ1n) is 5.03. The highest BCUT2D eigenvalue weighted by Crippen LogP contribution is 2.23. The zero-order valence-electron chi connectivity index (χ0n) is 9.22. The molecule has 0 radical (unpaired) electrons. The highest BCUT2D eigenvalue weighted by molar-refractivity contribution is 9.11. The number of hydrogen-bond donors (Lipinski definition) is 2. The smallest absolute Gasteiger partial charge is 0.264 e. The molecule has 1 aromatic carbocycles. The van der Waals surface area contributed by atoms with Crippen molar-refractivity contribution in [1.82, 2.24) is 4.98 Å². The molecule has 18 heavy (non-hydrogen) atoms. The van der Waals surface area contributed by atoms with Gasteiger partial charge in [-0.3, -0.25) is 10.1 Å². The minimum atomic E-state index is -0.265. The van der Waals surface area contributed by atoms with Gasteiger partial charge >= 0.3 is 0 Å². The SMILES string of the molecule is Nc1cccc(OCC(=O)Nc2ncc(Br)s2)c1. The quantitative estimate of drug-likeness (QED) is 0.846. The van der Waals surface area contributed by atoms with Crippen molar-refractivity contribution in [3.8, 4) is 5.75 Å². The van der Waals surface area contributed by atoms with E-state index in [1.165, 1.54) is 11.3 Å². The Morgan fingerprint density at radius 2 is 2.39 bits per heavy atom. The number of nitrogens with two attached hydrogens (primary N) is 1. The second-order valence-electron chi connectivity index (χ2n) is 3.38. The first-order chi connectivity index (χ1) is 8.63. The lowest BCUT2D eigenvalue weighted by Crippen LogP contribution is -2.20. The van der Waals surface area contributed by atoms with Crippen molar-refractivity contribution in [3.05, 3.63) is 34.2 Å². The van der Waals surface area contributed by atoms with Crippen LogP contribution < -0.4 is 15.8 Å². The molecule has 1 aromatic heterocycles. The van der Waals surface area contributed by atoms with Crippen LogP contribution in [-0.2, 0) is 4.79 Å². The van der Waals surface area contributed by atoms with E-state index in [1.54, 1.807) is 30.5 Å². The number of carbonyl (C=O) groups excluding carboxylic acids is 1. The number of carbonyl (C=O) groups is 1. The van der Waals surface area contributed by atoms with Gasteiger partial charge in [0, 0.05) is 11.8 Å². The van der Waals surface area contributed by atoms with Crippen molar-refractivity contribution >= 4 is 44.0 Å². The molecular formula is C11H10BrN3O2S. The summed E-state index contributed by atoms with van der Waals surface area (Å²) in [4.78, 5) is 15.6. The molecule has 0 aliphatic carbocycles. The minimum absolute atomic E-state index is 0.0827. The number of aromatic nitrogens is 1. The Labute approximate surface area is 116 Å². The van der Waals surface area contributed by atoms with Crippen LogP contribution in [0.15, 0.2) is 34.2 Å². The van der Waals surface area contributed by atoms with Gasteiger partial charge in [0.25, 0.3) is 5.91 Å². The summed E-state index contributed by atoms with van der Waals surface area (Å²) < 4.78 is 6.16. The molecule has 94 valence electrons. The highest BCUT2D eigenvalue weighted by atomic mass is 79.9. The van der Waals surface area contributed by atoms with Crippen molar-refractivity contribution in [3.63, 3.8) is 0 Å². The summed E-state index contributed by atoms with van der Waals surface area (Å²) >= 11 is 4.60. The Balaban J connectivity index is 1.85. The molecule has 0 saturated heterocycles. The van der Waals surface area contributed by atoms with Crippen molar-refractivity contribution in [2.45, 2.75) is 0 Å². The van der Waals surface area contributed by atoms with Gasteiger partial charge < -0.3 is 10.5 Å². The molecule has 0 aliphatic heterocycles. The van der Waals surface area contributed by atoms with Gasteiger partial charge in [0.15, 0.2) is 11.7 Å². The molecule has 5 nitrogen and oxygen atoms in total. The van der Waals surface area contributed by atoms with Gasteiger partial charge in [0.05, 0.1) is 9.98 Å². The Bertz CT molecular complexity index is 559. The van der Waals surface area contributed by atoms with Crippen LogP contribution in [-0.4, -0.2) is 17.5 Å². The molecule has 0 spiro atoms. The van der Waals surface area contributed by atoms with Crippen LogP contribution in [0.5, 0.6) is 5.75 Å². The molecule has 0 atom stereocenters. The number of hydrogen-bond acceptors (Lipinski definition) is 5. The van der Waals surface area contributed by atoms with Gasteiger partial charge in [0.1, 0.15) is 5.75 Å². The van der Waals surface area contributed by atoms with Crippen LogP contribution in [0.1, 0.15) is 0 Å². The van der Waals surface area contributed by atoms with Crippen LogP contribution in [0, 0.1) is 0 Å². The molecule has 2 rings (SSSR count). The van der Waals surface area contributed by atoms with Crippen molar-refractivity contribution in [2.24, 2.45) is 0 Å². The predicted octanol–water partition coefficient (Wildman–Crippen LogP) is 2.51. The Kier molecular flexibility index (Phi) is 4.16. The van der Waals surface area contributed by atoms with Crippen LogP contribution >= 0.6 is 27.3 Å². The van der Waals surface area contributed by atoms with Crippen molar-refractivity contribution in [1.29, 1.82) is 0 Å². The summed E-state index contributed by atoms with van der Waals surface area (Å²) in [5.74, 6) is 0.296. The first-order valence-corrected chi connectivity index (χ1v) is 6.64. The van der Waals surface area contributed by atoms with Crippen LogP contribution in [0.2, 0.25) is 0 Å². The fraction of sp³-hybridized carbons (Fsp3) is 0.0909. The molecule has 0 fully saturated rings. The Hall–Kier alpha value is -1.60. The third-order valence-corrected chi connectivity index (χ3v) is 3.34. The largest absolute Gasteiger partial charge is 0.484 e. The number of nitrogens with one attached hydrogen (secondary N) is 1. The molecule has 1 heterocycles. The number of thiazole rings is 1. The maximum Gasteiger partial charge on any atom is 0.264 e. The molecule has 0 saturated carbocycles. The van der Waals surface area contributed by atoms with Gasteiger partial charge in [0.2, 0.25) is 0 Å². The van der Waals surface area contributed by atoms with Crippen molar-refractivity contribution in [2.75, 3.05) is 17.7 Å².